The SMILES string of the molecule is CC(=O)c1cc(Cl)c(O)cc1O.CCCCC(C)c1ccc(-c2cn[nH]c2)cc1. The van der Waals surface area contributed by atoms with Crippen LogP contribution in [0.4, 0.5) is 0 Å². The number of aromatic hydroxyl groups is 2. The first-order valence-electron chi connectivity index (χ1n) is 9.65. The standard InChI is InChI=1S/C15H20N2.C8H7ClO3/c1-3-4-5-12(2)13-6-8-14(9-7-13)15-10-16-17-11-15;1-4(10)5-2-6(9)8(12)3-7(5)11/h6-12H,3-5H2,1-2H3,(H,16,17);2-3,11-12H,1H3. The van der Waals surface area contributed by atoms with E-state index >= 15 is 0 Å². The monoisotopic (exact) mass is 414 g/mol. The molecule has 0 aliphatic heterocycles. The molecule has 2 aromatic carbocycles. The number of H-pyrrole nitrogens is 1. The first kappa shape index (κ1) is 22.5. The Morgan fingerprint density at radius 2 is 1.83 bits per heavy atom. The predicted octanol–water partition coefficient (Wildman–Crippen LogP) is 6.32. The van der Waals surface area contributed by atoms with Crippen molar-refractivity contribution < 1.29 is 15.0 Å². The number of ketones is 1. The third-order valence-electron chi connectivity index (χ3n) is 4.75. The minimum Gasteiger partial charge on any atom is -0.507 e. The van der Waals surface area contributed by atoms with Gasteiger partial charge in [-0.25, -0.2) is 0 Å². The van der Waals surface area contributed by atoms with Crippen LogP contribution in [0.25, 0.3) is 11.1 Å². The Morgan fingerprint density at radius 1 is 1.14 bits per heavy atom. The van der Waals surface area contributed by atoms with E-state index in [1.807, 2.05) is 12.4 Å². The van der Waals surface area contributed by atoms with Crippen molar-refractivity contribution in [2.45, 2.75) is 46.0 Å². The molecule has 0 radical (unpaired) electrons. The van der Waals surface area contributed by atoms with E-state index in [1.54, 1.807) is 0 Å². The Kier molecular flexibility index (Phi) is 8.28. The van der Waals surface area contributed by atoms with E-state index in [-0.39, 0.29) is 27.9 Å². The molecule has 0 amide bonds. The number of aromatic nitrogens is 2. The predicted molar refractivity (Wildman–Crippen MR) is 117 cm³/mol. The maximum atomic E-state index is 10.8. The van der Waals surface area contributed by atoms with Crippen molar-refractivity contribution in [1.29, 1.82) is 0 Å². The van der Waals surface area contributed by atoms with E-state index in [2.05, 4.69) is 48.3 Å². The molecular weight excluding hydrogens is 388 g/mol. The molecule has 1 heterocycles. The zero-order valence-corrected chi connectivity index (χ0v) is 17.7. The molecule has 154 valence electrons. The zero-order chi connectivity index (χ0) is 21.4. The van der Waals surface area contributed by atoms with Crippen LogP contribution < -0.4 is 0 Å². The summed E-state index contributed by atoms with van der Waals surface area (Å²) in [4.78, 5) is 10.8. The molecule has 0 saturated carbocycles. The first-order chi connectivity index (χ1) is 13.8. The van der Waals surface area contributed by atoms with Crippen LogP contribution in [0.15, 0.2) is 48.8 Å². The van der Waals surface area contributed by atoms with Crippen LogP contribution in [0.2, 0.25) is 5.02 Å². The van der Waals surface area contributed by atoms with E-state index in [1.165, 1.54) is 43.4 Å². The van der Waals surface area contributed by atoms with Gasteiger partial charge in [0.2, 0.25) is 0 Å². The Balaban J connectivity index is 0.000000221. The van der Waals surface area contributed by atoms with Gasteiger partial charge in [0.05, 0.1) is 16.8 Å². The molecule has 6 heteroatoms. The maximum absolute atomic E-state index is 10.8. The molecule has 0 fully saturated rings. The first-order valence-corrected chi connectivity index (χ1v) is 10.0. The summed E-state index contributed by atoms with van der Waals surface area (Å²) in [6, 6.07) is 11.1. The fourth-order valence-corrected chi connectivity index (χ4v) is 3.09. The minimum atomic E-state index is -0.297. The minimum absolute atomic E-state index is 0.0537. The lowest BCUT2D eigenvalue weighted by Gasteiger charge is -2.11. The smallest absolute Gasteiger partial charge is 0.163 e. The largest absolute Gasteiger partial charge is 0.507 e. The summed E-state index contributed by atoms with van der Waals surface area (Å²) in [5.74, 6) is -0.133. The Hall–Kier alpha value is -2.79. The molecule has 0 spiro atoms. The van der Waals surface area contributed by atoms with Gasteiger partial charge in [0.1, 0.15) is 11.5 Å². The molecular formula is C23H27ClN2O3. The van der Waals surface area contributed by atoms with Crippen LogP contribution in [-0.2, 0) is 0 Å². The van der Waals surface area contributed by atoms with Gasteiger partial charge in [0.25, 0.3) is 0 Å². The van der Waals surface area contributed by atoms with Crippen molar-refractivity contribution in [3.05, 3.63) is 64.9 Å². The Bertz CT molecular complexity index is 922. The molecule has 3 aromatic rings. The van der Waals surface area contributed by atoms with Gasteiger partial charge in [0, 0.05) is 17.8 Å². The molecule has 1 atom stereocenters. The van der Waals surface area contributed by atoms with Crippen LogP contribution in [0.5, 0.6) is 11.5 Å². The van der Waals surface area contributed by atoms with Gasteiger partial charge in [-0.15, -0.1) is 0 Å². The third kappa shape index (κ3) is 6.36. The van der Waals surface area contributed by atoms with Crippen molar-refractivity contribution >= 4 is 17.4 Å². The lowest BCUT2D eigenvalue weighted by Crippen LogP contribution is -1.93. The van der Waals surface area contributed by atoms with E-state index in [0.29, 0.717) is 5.92 Å². The summed E-state index contributed by atoms with van der Waals surface area (Å²) in [7, 11) is 0. The average Bonchev–Trinajstić information content (AvgIpc) is 3.24. The zero-order valence-electron chi connectivity index (χ0n) is 16.9. The number of carbonyl (C=O) groups excluding carboxylic acids is 1. The number of unbranched alkanes of at least 4 members (excludes halogenated alkanes) is 1. The van der Waals surface area contributed by atoms with E-state index in [0.717, 1.165) is 11.6 Å². The number of aromatic amines is 1. The number of Topliss-reactive ketones (excluding diaryl/α,β-unsaturated/α-hetero) is 1. The summed E-state index contributed by atoms with van der Waals surface area (Å²) in [5, 5.41) is 25.0. The van der Waals surface area contributed by atoms with Crippen LogP contribution in [0.3, 0.4) is 0 Å². The molecule has 3 rings (SSSR count). The van der Waals surface area contributed by atoms with Crippen LogP contribution in [-0.4, -0.2) is 26.2 Å². The van der Waals surface area contributed by atoms with Crippen LogP contribution in [0.1, 0.15) is 61.9 Å². The Morgan fingerprint density at radius 3 is 2.38 bits per heavy atom. The molecule has 3 N–H and O–H groups in total. The maximum Gasteiger partial charge on any atom is 0.163 e. The molecule has 1 aromatic heterocycles. The fraction of sp³-hybridized carbons (Fsp3) is 0.304. The van der Waals surface area contributed by atoms with Crippen molar-refractivity contribution in [3.63, 3.8) is 0 Å². The number of phenols is 2. The highest BCUT2D eigenvalue weighted by molar-refractivity contribution is 6.32. The molecule has 1 unspecified atom stereocenters. The summed E-state index contributed by atoms with van der Waals surface area (Å²) in [5.41, 5.74) is 3.92. The normalized spacial score (nSPS) is 11.4. The second kappa shape index (κ2) is 10.7. The molecule has 5 nitrogen and oxygen atoms in total. The number of nitrogens with one attached hydrogen (secondary N) is 1. The topological polar surface area (TPSA) is 86.2 Å². The van der Waals surface area contributed by atoms with Gasteiger partial charge in [0.15, 0.2) is 5.78 Å². The third-order valence-corrected chi connectivity index (χ3v) is 5.05. The lowest BCUT2D eigenvalue weighted by molar-refractivity contribution is 0.101. The van der Waals surface area contributed by atoms with Crippen molar-refractivity contribution in [2.75, 3.05) is 0 Å². The summed E-state index contributed by atoms with van der Waals surface area (Å²) < 4.78 is 0. The molecule has 0 saturated heterocycles. The lowest BCUT2D eigenvalue weighted by atomic mass is 9.94. The molecule has 29 heavy (non-hydrogen) atoms. The van der Waals surface area contributed by atoms with Gasteiger partial charge in [-0.05, 0) is 36.5 Å². The number of hydrogen-bond donors (Lipinski definition) is 3. The molecule has 0 aliphatic carbocycles. The second-order valence-corrected chi connectivity index (χ2v) is 7.44. The van der Waals surface area contributed by atoms with Gasteiger partial charge in [-0.3, -0.25) is 9.89 Å². The Labute approximate surface area is 176 Å². The number of rotatable bonds is 6. The fourth-order valence-electron chi connectivity index (χ4n) is 2.92. The van der Waals surface area contributed by atoms with E-state index in [4.69, 9.17) is 21.8 Å². The highest BCUT2D eigenvalue weighted by atomic mass is 35.5. The van der Waals surface area contributed by atoms with E-state index < -0.39 is 0 Å². The van der Waals surface area contributed by atoms with Gasteiger partial charge in [-0.1, -0.05) is 62.6 Å². The average molecular weight is 415 g/mol. The highest BCUT2D eigenvalue weighted by Gasteiger charge is 2.10. The van der Waals surface area contributed by atoms with E-state index in [9.17, 15) is 4.79 Å². The summed E-state index contributed by atoms with van der Waals surface area (Å²) >= 11 is 5.52. The number of nitrogens with zero attached hydrogens (tertiary/aromatic N) is 1. The summed E-state index contributed by atoms with van der Waals surface area (Å²) in [6.07, 6.45) is 7.65. The second-order valence-electron chi connectivity index (χ2n) is 7.03. The van der Waals surface area contributed by atoms with Gasteiger partial charge < -0.3 is 10.2 Å². The number of hydrogen-bond acceptors (Lipinski definition) is 4. The number of halogens is 1. The molecule has 0 bridgehead atoms. The van der Waals surface area contributed by atoms with Crippen LogP contribution in [0, 0.1) is 0 Å². The van der Waals surface area contributed by atoms with Crippen LogP contribution >= 0.6 is 11.6 Å². The quantitative estimate of drug-likeness (QED) is 0.411. The molecule has 0 aliphatic rings. The number of phenolic OH excluding ortho intramolecular Hbond substituents is 2. The van der Waals surface area contributed by atoms with Crippen molar-refractivity contribution in [1.82, 2.24) is 10.2 Å². The van der Waals surface area contributed by atoms with Crippen molar-refractivity contribution in [3.8, 4) is 22.6 Å². The summed E-state index contributed by atoms with van der Waals surface area (Å²) in [6.45, 7) is 5.86. The number of benzene rings is 2. The van der Waals surface area contributed by atoms with Gasteiger partial charge in [-0.2, -0.15) is 5.10 Å². The highest BCUT2D eigenvalue weighted by Crippen LogP contribution is 2.31. The van der Waals surface area contributed by atoms with Gasteiger partial charge >= 0.3 is 0 Å². The van der Waals surface area contributed by atoms with Crippen molar-refractivity contribution in [2.24, 2.45) is 0 Å². The number of carbonyl (C=O) groups is 1.